The molecule has 17 heavy (non-hydrogen) atoms. The number of anilines is 1. The summed E-state index contributed by atoms with van der Waals surface area (Å²) in [5, 5.41) is 22.1. The molecule has 0 saturated carbocycles. The van der Waals surface area contributed by atoms with E-state index in [1.807, 2.05) is 6.92 Å². The van der Waals surface area contributed by atoms with E-state index in [9.17, 15) is 10.1 Å². The molecule has 0 atom stereocenters. The number of rotatable bonds is 4. The fourth-order valence-electron chi connectivity index (χ4n) is 1.20. The van der Waals surface area contributed by atoms with Crippen molar-refractivity contribution in [1.29, 1.82) is 0 Å². The number of nitrogens with zero attached hydrogens (tertiary/aromatic N) is 4. The van der Waals surface area contributed by atoms with Gasteiger partial charge in [-0.3, -0.25) is 10.1 Å². The van der Waals surface area contributed by atoms with Gasteiger partial charge in [0.2, 0.25) is 0 Å². The van der Waals surface area contributed by atoms with Crippen molar-refractivity contribution >= 4 is 17.3 Å². The normalized spacial score (nSPS) is 11.3. The fraction of sp³-hybridized carbons (Fsp3) is 0.333. The average molecular weight is 239 g/mol. The van der Waals surface area contributed by atoms with Crippen LogP contribution in [0.5, 0.6) is 0 Å². The minimum absolute atomic E-state index is 0.143. The maximum Gasteiger partial charge on any atom is 0.298 e. The number of pyridine rings is 1. The van der Waals surface area contributed by atoms with Crippen LogP contribution in [-0.4, -0.2) is 34.5 Å². The Kier molecular flexibility index (Phi) is 3.81. The number of nitrogens with two attached hydrogens (primary N) is 1. The summed E-state index contributed by atoms with van der Waals surface area (Å²) in [7, 11) is 1.78. The summed E-state index contributed by atoms with van der Waals surface area (Å²) < 4.78 is 0. The Bertz CT molecular complexity index is 460. The van der Waals surface area contributed by atoms with Crippen LogP contribution in [0.15, 0.2) is 17.3 Å². The smallest absolute Gasteiger partial charge is 0.298 e. The Morgan fingerprint density at radius 2 is 2.35 bits per heavy atom. The molecule has 0 radical (unpaired) electrons. The lowest BCUT2D eigenvalue weighted by Gasteiger charge is -2.15. The molecule has 0 saturated heterocycles. The molecule has 1 heterocycles. The van der Waals surface area contributed by atoms with Crippen LogP contribution in [0.25, 0.3) is 0 Å². The van der Waals surface area contributed by atoms with Crippen LogP contribution in [0.2, 0.25) is 0 Å². The first-order valence-electron chi connectivity index (χ1n) is 4.85. The molecule has 1 rings (SSSR count). The Balaban J connectivity index is 3.34. The van der Waals surface area contributed by atoms with Crippen molar-refractivity contribution in [3.8, 4) is 0 Å². The Morgan fingerprint density at radius 3 is 2.82 bits per heavy atom. The van der Waals surface area contributed by atoms with E-state index in [-0.39, 0.29) is 17.2 Å². The zero-order valence-corrected chi connectivity index (χ0v) is 9.49. The molecule has 0 aliphatic carbocycles. The molecule has 0 aliphatic heterocycles. The van der Waals surface area contributed by atoms with Crippen molar-refractivity contribution in [3.63, 3.8) is 0 Å². The highest BCUT2D eigenvalue weighted by Crippen LogP contribution is 2.20. The molecular formula is C9H13N5O3. The van der Waals surface area contributed by atoms with Gasteiger partial charge in [-0.2, -0.15) is 0 Å². The first-order valence-corrected chi connectivity index (χ1v) is 4.85. The number of oxime groups is 1. The molecule has 0 amide bonds. The van der Waals surface area contributed by atoms with Gasteiger partial charge in [0.25, 0.3) is 5.69 Å². The van der Waals surface area contributed by atoms with E-state index in [0.717, 1.165) is 0 Å². The van der Waals surface area contributed by atoms with Crippen molar-refractivity contribution in [1.82, 2.24) is 4.98 Å². The quantitative estimate of drug-likeness (QED) is 0.260. The first kappa shape index (κ1) is 12.7. The maximum atomic E-state index is 10.8. The van der Waals surface area contributed by atoms with Crippen LogP contribution in [0, 0.1) is 10.1 Å². The Morgan fingerprint density at radius 1 is 1.71 bits per heavy atom. The van der Waals surface area contributed by atoms with Gasteiger partial charge < -0.3 is 15.8 Å². The Labute approximate surface area is 97.5 Å². The second kappa shape index (κ2) is 5.10. The topological polar surface area (TPSA) is 118 Å². The van der Waals surface area contributed by atoms with E-state index in [2.05, 4.69) is 10.1 Å². The number of aromatic nitrogens is 1. The summed E-state index contributed by atoms with van der Waals surface area (Å²) in [6.07, 6.45) is 0. The Hall–Kier alpha value is -2.38. The van der Waals surface area contributed by atoms with E-state index < -0.39 is 4.92 Å². The molecule has 92 valence electrons. The summed E-state index contributed by atoms with van der Waals surface area (Å²) >= 11 is 0. The molecule has 1 aromatic rings. The van der Waals surface area contributed by atoms with Gasteiger partial charge >= 0.3 is 0 Å². The highest BCUT2D eigenvalue weighted by Gasteiger charge is 2.20. The summed E-state index contributed by atoms with van der Waals surface area (Å²) in [5.74, 6) is 0.128. The highest BCUT2D eigenvalue weighted by molar-refractivity contribution is 5.99. The number of hydrogen-bond acceptors (Lipinski definition) is 6. The molecule has 1 aromatic heterocycles. The predicted octanol–water partition coefficient (Wildman–Crippen LogP) is 0.540. The SMILES string of the molecule is CCN(C)c1ccc([N+](=O)[O-])c(/C(N)=N/O)n1. The average Bonchev–Trinajstić information content (AvgIpc) is 2.35. The van der Waals surface area contributed by atoms with Gasteiger partial charge in [0.05, 0.1) is 4.92 Å². The molecule has 0 fully saturated rings. The lowest BCUT2D eigenvalue weighted by molar-refractivity contribution is -0.385. The third-order valence-corrected chi connectivity index (χ3v) is 2.27. The van der Waals surface area contributed by atoms with Gasteiger partial charge in [-0.05, 0) is 13.0 Å². The van der Waals surface area contributed by atoms with Crippen LogP contribution in [0.3, 0.4) is 0 Å². The molecule has 0 aliphatic rings. The summed E-state index contributed by atoms with van der Waals surface area (Å²) in [4.78, 5) is 15.9. The number of hydrogen-bond donors (Lipinski definition) is 2. The van der Waals surface area contributed by atoms with Crippen molar-refractivity contribution in [2.24, 2.45) is 10.9 Å². The molecule has 0 aromatic carbocycles. The fourth-order valence-corrected chi connectivity index (χ4v) is 1.20. The largest absolute Gasteiger partial charge is 0.409 e. The lowest BCUT2D eigenvalue weighted by Crippen LogP contribution is -2.22. The van der Waals surface area contributed by atoms with Gasteiger partial charge in [0, 0.05) is 19.7 Å². The van der Waals surface area contributed by atoms with Crippen LogP contribution in [0.4, 0.5) is 11.5 Å². The third kappa shape index (κ3) is 2.60. The molecule has 0 spiro atoms. The summed E-state index contributed by atoms with van der Waals surface area (Å²) in [5.41, 5.74) is 4.92. The van der Waals surface area contributed by atoms with Gasteiger partial charge in [0.15, 0.2) is 11.5 Å². The maximum absolute atomic E-state index is 10.8. The van der Waals surface area contributed by atoms with E-state index in [0.29, 0.717) is 12.4 Å². The van der Waals surface area contributed by atoms with Gasteiger partial charge in [-0.25, -0.2) is 4.98 Å². The van der Waals surface area contributed by atoms with Gasteiger partial charge in [0.1, 0.15) is 5.82 Å². The third-order valence-electron chi connectivity index (χ3n) is 2.27. The monoisotopic (exact) mass is 239 g/mol. The zero-order valence-electron chi connectivity index (χ0n) is 9.49. The summed E-state index contributed by atoms with van der Waals surface area (Å²) in [6.45, 7) is 2.59. The van der Waals surface area contributed by atoms with Crippen molar-refractivity contribution in [3.05, 3.63) is 27.9 Å². The molecule has 0 unspecified atom stereocenters. The minimum atomic E-state index is -0.629. The van der Waals surface area contributed by atoms with E-state index in [1.54, 1.807) is 11.9 Å². The van der Waals surface area contributed by atoms with E-state index in [1.165, 1.54) is 12.1 Å². The minimum Gasteiger partial charge on any atom is -0.409 e. The van der Waals surface area contributed by atoms with E-state index >= 15 is 0 Å². The lowest BCUT2D eigenvalue weighted by atomic mass is 10.2. The zero-order chi connectivity index (χ0) is 13.0. The van der Waals surface area contributed by atoms with Crippen molar-refractivity contribution < 1.29 is 10.1 Å². The molecule has 0 bridgehead atoms. The van der Waals surface area contributed by atoms with Crippen molar-refractivity contribution in [2.45, 2.75) is 6.92 Å². The van der Waals surface area contributed by atoms with E-state index in [4.69, 9.17) is 10.9 Å². The van der Waals surface area contributed by atoms with Crippen LogP contribution in [-0.2, 0) is 0 Å². The van der Waals surface area contributed by atoms with Gasteiger partial charge in [-0.1, -0.05) is 5.16 Å². The van der Waals surface area contributed by atoms with Crippen LogP contribution >= 0.6 is 0 Å². The van der Waals surface area contributed by atoms with Crippen LogP contribution in [0.1, 0.15) is 12.6 Å². The number of nitro groups is 1. The molecule has 8 nitrogen and oxygen atoms in total. The van der Waals surface area contributed by atoms with Crippen molar-refractivity contribution in [2.75, 3.05) is 18.5 Å². The standard InChI is InChI=1S/C9H13N5O3/c1-3-13(2)7-5-4-6(14(16)17)8(11-7)9(10)12-15/h4-5,15H,3H2,1-2H3,(H2,10,12). The van der Waals surface area contributed by atoms with Crippen LogP contribution < -0.4 is 10.6 Å². The molecule has 3 N–H and O–H groups in total. The molecule has 8 heteroatoms. The first-order chi connectivity index (χ1) is 8.01. The second-order valence-corrected chi connectivity index (χ2v) is 3.29. The second-order valence-electron chi connectivity index (χ2n) is 3.29. The van der Waals surface area contributed by atoms with Gasteiger partial charge in [-0.15, -0.1) is 0 Å². The highest BCUT2D eigenvalue weighted by atomic mass is 16.6. The molecular weight excluding hydrogens is 226 g/mol. The predicted molar refractivity (Wildman–Crippen MR) is 62.3 cm³/mol. The number of amidine groups is 1. The summed E-state index contributed by atoms with van der Waals surface area (Å²) in [6, 6.07) is 2.79.